The second kappa shape index (κ2) is 13.4. The first-order valence-corrected chi connectivity index (χ1v) is 11.8. The lowest BCUT2D eigenvalue weighted by Crippen LogP contribution is -2.39. The number of methoxy groups -OCH3 is 1. The average Bonchev–Trinajstić information content (AvgIpc) is 2.66. The number of aliphatic imine (C=N–C) groups is 1. The number of nitrogens with one attached hydrogen (secondary N) is 2. The number of sulfonamides is 1. The van der Waals surface area contributed by atoms with Gasteiger partial charge < -0.3 is 20.1 Å². The van der Waals surface area contributed by atoms with Crippen LogP contribution in [-0.4, -0.2) is 71.4 Å². The monoisotopic (exact) mass is 428 g/mol. The molecule has 0 saturated heterocycles. The second-order valence-corrected chi connectivity index (χ2v) is 8.67. The van der Waals surface area contributed by atoms with Gasteiger partial charge in [-0.15, -0.1) is 0 Å². The molecule has 166 valence electrons. The summed E-state index contributed by atoms with van der Waals surface area (Å²) in [7, 11) is -1.51. The van der Waals surface area contributed by atoms with Crippen LogP contribution in [0.2, 0.25) is 0 Å². The fourth-order valence-electron chi connectivity index (χ4n) is 2.69. The Hall–Kier alpha value is -1.84. The minimum atomic E-state index is -3.15. The molecule has 0 aliphatic heterocycles. The van der Waals surface area contributed by atoms with Crippen LogP contribution in [0.3, 0.4) is 0 Å². The van der Waals surface area contributed by atoms with E-state index in [2.05, 4.69) is 15.6 Å². The predicted molar refractivity (Wildman–Crippen MR) is 118 cm³/mol. The molecular weight excluding hydrogens is 392 g/mol. The van der Waals surface area contributed by atoms with Crippen LogP contribution in [0.1, 0.15) is 31.4 Å². The van der Waals surface area contributed by atoms with E-state index in [9.17, 15) is 8.42 Å². The molecule has 0 unspecified atom stereocenters. The molecule has 0 saturated carbocycles. The molecule has 0 radical (unpaired) electrons. The van der Waals surface area contributed by atoms with Crippen molar-refractivity contribution in [2.75, 3.05) is 52.8 Å². The molecule has 0 aliphatic carbocycles. The molecule has 0 aromatic heterocycles. The predicted octanol–water partition coefficient (Wildman–Crippen LogP) is 1.75. The van der Waals surface area contributed by atoms with E-state index in [0.29, 0.717) is 51.8 Å². The van der Waals surface area contributed by atoms with E-state index < -0.39 is 10.0 Å². The molecule has 0 aliphatic rings. The lowest BCUT2D eigenvalue weighted by molar-refractivity contribution is 0.145. The van der Waals surface area contributed by atoms with Crippen LogP contribution < -0.4 is 15.4 Å². The minimum Gasteiger partial charge on any atom is -0.491 e. The molecule has 1 aromatic carbocycles. The summed E-state index contributed by atoms with van der Waals surface area (Å²) in [5.41, 5.74) is 2.12. The summed E-state index contributed by atoms with van der Waals surface area (Å²) >= 11 is 0. The topological polar surface area (TPSA) is 92.3 Å². The fourth-order valence-corrected chi connectivity index (χ4v) is 3.62. The molecule has 0 bridgehead atoms. The van der Waals surface area contributed by atoms with Crippen LogP contribution in [-0.2, 0) is 21.3 Å². The zero-order chi connectivity index (χ0) is 21.7. The zero-order valence-corrected chi connectivity index (χ0v) is 19.1. The van der Waals surface area contributed by atoms with Gasteiger partial charge in [0.2, 0.25) is 10.0 Å². The first kappa shape index (κ1) is 25.2. The SMILES string of the molecule is CCNC(=NCc1ccc(C)cc1OCCOC)NCCCN(CC)S(C)(=O)=O. The van der Waals surface area contributed by atoms with Gasteiger partial charge in [0.1, 0.15) is 12.4 Å². The third kappa shape index (κ3) is 9.96. The van der Waals surface area contributed by atoms with Gasteiger partial charge in [0.15, 0.2) is 5.96 Å². The quantitative estimate of drug-likeness (QED) is 0.283. The number of rotatable bonds is 13. The Kier molecular flexibility index (Phi) is 11.6. The number of benzene rings is 1. The summed E-state index contributed by atoms with van der Waals surface area (Å²) in [6.45, 7) is 9.69. The van der Waals surface area contributed by atoms with E-state index in [4.69, 9.17) is 9.47 Å². The number of ether oxygens (including phenoxy) is 2. The molecule has 9 heteroatoms. The van der Waals surface area contributed by atoms with Crippen molar-refractivity contribution in [3.63, 3.8) is 0 Å². The third-order valence-corrected chi connectivity index (χ3v) is 5.60. The maximum absolute atomic E-state index is 11.7. The highest BCUT2D eigenvalue weighted by molar-refractivity contribution is 7.88. The largest absolute Gasteiger partial charge is 0.491 e. The molecule has 29 heavy (non-hydrogen) atoms. The average molecular weight is 429 g/mol. The molecule has 0 amide bonds. The van der Waals surface area contributed by atoms with Crippen molar-refractivity contribution in [3.05, 3.63) is 29.3 Å². The van der Waals surface area contributed by atoms with Gasteiger partial charge in [0.05, 0.1) is 19.4 Å². The highest BCUT2D eigenvalue weighted by Crippen LogP contribution is 2.21. The third-order valence-electron chi connectivity index (χ3n) is 4.22. The molecule has 2 N–H and O–H groups in total. The summed E-state index contributed by atoms with van der Waals surface area (Å²) in [6.07, 6.45) is 1.94. The summed E-state index contributed by atoms with van der Waals surface area (Å²) in [5, 5.41) is 6.48. The smallest absolute Gasteiger partial charge is 0.211 e. The highest BCUT2D eigenvalue weighted by Gasteiger charge is 2.13. The van der Waals surface area contributed by atoms with Gasteiger partial charge in [-0.3, -0.25) is 0 Å². The van der Waals surface area contributed by atoms with Crippen molar-refractivity contribution in [1.29, 1.82) is 0 Å². The molecule has 0 spiro atoms. The minimum absolute atomic E-state index is 0.475. The molecular formula is C20H36N4O4S. The highest BCUT2D eigenvalue weighted by atomic mass is 32.2. The molecule has 8 nitrogen and oxygen atoms in total. The fraction of sp³-hybridized carbons (Fsp3) is 0.650. The Morgan fingerprint density at radius 1 is 1.21 bits per heavy atom. The van der Waals surface area contributed by atoms with Crippen LogP contribution in [0.5, 0.6) is 5.75 Å². The van der Waals surface area contributed by atoms with Gasteiger partial charge in [0.25, 0.3) is 0 Å². The Morgan fingerprint density at radius 2 is 1.97 bits per heavy atom. The number of aryl methyl sites for hydroxylation is 1. The summed E-state index contributed by atoms with van der Waals surface area (Å²) in [6, 6.07) is 6.07. The molecule has 1 rings (SSSR count). The summed E-state index contributed by atoms with van der Waals surface area (Å²) < 4.78 is 35.6. The van der Waals surface area contributed by atoms with Crippen LogP contribution >= 0.6 is 0 Å². The number of nitrogens with zero attached hydrogens (tertiary/aromatic N) is 2. The number of hydrogen-bond donors (Lipinski definition) is 2. The van der Waals surface area contributed by atoms with Gasteiger partial charge in [-0.05, 0) is 31.9 Å². The van der Waals surface area contributed by atoms with E-state index in [1.165, 1.54) is 10.6 Å². The Labute approximate surface area is 175 Å². The van der Waals surface area contributed by atoms with Crippen LogP contribution in [0.4, 0.5) is 0 Å². The van der Waals surface area contributed by atoms with Gasteiger partial charge in [0, 0.05) is 38.9 Å². The van der Waals surface area contributed by atoms with E-state index in [1.54, 1.807) is 7.11 Å². The first-order valence-electron chi connectivity index (χ1n) is 10.00. The van der Waals surface area contributed by atoms with Crippen LogP contribution in [0, 0.1) is 6.92 Å². The van der Waals surface area contributed by atoms with Gasteiger partial charge in [-0.2, -0.15) is 0 Å². The standard InChI is InChI=1S/C20H36N4O4S/c1-6-21-20(22-11-8-12-24(7-2)29(5,25)26)23-16-18-10-9-17(3)15-19(18)28-14-13-27-4/h9-10,15H,6-8,11-14,16H2,1-5H3,(H2,21,22,23). The van der Waals surface area contributed by atoms with Crippen molar-refractivity contribution in [2.24, 2.45) is 4.99 Å². The maximum Gasteiger partial charge on any atom is 0.211 e. The van der Waals surface area contributed by atoms with Crippen molar-refractivity contribution >= 4 is 16.0 Å². The van der Waals surface area contributed by atoms with E-state index in [-0.39, 0.29) is 0 Å². The molecule has 0 atom stereocenters. The second-order valence-electron chi connectivity index (χ2n) is 6.68. The summed E-state index contributed by atoms with van der Waals surface area (Å²) in [4.78, 5) is 4.64. The Morgan fingerprint density at radius 3 is 2.59 bits per heavy atom. The zero-order valence-electron chi connectivity index (χ0n) is 18.3. The van der Waals surface area contributed by atoms with Crippen molar-refractivity contribution in [3.8, 4) is 5.75 Å². The first-order chi connectivity index (χ1) is 13.8. The number of guanidine groups is 1. The lowest BCUT2D eigenvalue weighted by atomic mass is 10.1. The van der Waals surface area contributed by atoms with Gasteiger partial charge in [-0.25, -0.2) is 17.7 Å². The van der Waals surface area contributed by atoms with Crippen molar-refractivity contribution in [1.82, 2.24) is 14.9 Å². The Bertz CT molecular complexity index is 738. The number of hydrogen-bond acceptors (Lipinski definition) is 5. The van der Waals surface area contributed by atoms with Gasteiger partial charge >= 0.3 is 0 Å². The normalized spacial score (nSPS) is 12.3. The van der Waals surface area contributed by atoms with Gasteiger partial charge in [-0.1, -0.05) is 19.1 Å². The molecule has 0 heterocycles. The lowest BCUT2D eigenvalue weighted by Gasteiger charge is -2.18. The van der Waals surface area contributed by atoms with E-state index >= 15 is 0 Å². The van der Waals surface area contributed by atoms with E-state index in [1.807, 2.05) is 39.0 Å². The van der Waals surface area contributed by atoms with Crippen molar-refractivity contribution < 1.29 is 17.9 Å². The van der Waals surface area contributed by atoms with Crippen LogP contribution in [0.15, 0.2) is 23.2 Å². The molecule has 1 aromatic rings. The maximum atomic E-state index is 11.7. The summed E-state index contributed by atoms with van der Waals surface area (Å²) in [5.74, 6) is 1.51. The molecule has 0 fully saturated rings. The van der Waals surface area contributed by atoms with Crippen molar-refractivity contribution in [2.45, 2.75) is 33.7 Å². The van der Waals surface area contributed by atoms with E-state index in [0.717, 1.165) is 23.4 Å². The van der Waals surface area contributed by atoms with Crippen LogP contribution in [0.25, 0.3) is 0 Å². The Balaban J connectivity index is 2.67.